The fourth-order valence-electron chi connectivity index (χ4n) is 1.74. The number of halogens is 1. The monoisotopic (exact) mass is 268 g/mol. The van der Waals surface area contributed by atoms with E-state index in [1.165, 1.54) is 24.3 Å². The predicted molar refractivity (Wildman–Crippen MR) is 71.2 cm³/mol. The molecule has 0 bridgehead atoms. The van der Waals surface area contributed by atoms with Crippen LogP contribution >= 0.6 is 0 Å². The SMILES string of the molecule is O=C1OC(c2ccc(F)cc2)=N/C1=C/c1ccncc1. The number of benzene rings is 1. The molecule has 3 rings (SSSR count). The summed E-state index contributed by atoms with van der Waals surface area (Å²) in [5, 5.41) is 0. The third-order valence-corrected chi connectivity index (χ3v) is 2.72. The number of esters is 1. The van der Waals surface area contributed by atoms with Crippen molar-refractivity contribution in [3.8, 4) is 0 Å². The molecule has 1 aromatic carbocycles. The van der Waals surface area contributed by atoms with Crippen LogP contribution in [0.2, 0.25) is 0 Å². The zero-order chi connectivity index (χ0) is 13.9. The van der Waals surface area contributed by atoms with Gasteiger partial charge in [-0.05, 0) is 48.0 Å². The summed E-state index contributed by atoms with van der Waals surface area (Å²) in [6.07, 6.45) is 4.86. The van der Waals surface area contributed by atoms with Crippen LogP contribution < -0.4 is 0 Å². The number of pyridine rings is 1. The van der Waals surface area contributed by atoms with Gasteiger partial charge in [-0.25, -0.2) is 14.2 Å². The molecule has 0 unspecified atom stereocenters. The molecule has 1 aliphatic rings. The minimum atomic E-state index is -0.527. The maximum absolute atomic E-state index is 12.8. The van der Waals surface area contributed by atoms with Crippen LogP contribution in [0.5, 0.6) is 0 Å². The Morgan fingerprint density at radius 1 is 1.05 bits per heavy atom. The highest BCUT2D eigenvalue weighted by Gasteiger charge is 2.23. The van der Waals surface area contributed by atoms with Crippen LogP contribution in [0.15, 0.2) is 59.5 Å². The lowest BCUT2D eigenvalue weighted by Gasteiger charge is -1.98. The molecule has 0 radical (unpaired) electrons. The van der Waals surface area contributed by atoms with Gasteiger partial charge in [0.1, 0.15) is 5.82 Å². The number of carbonyl (C=O) groups is 1. The summed E-state index contributed by atoms with van der Waals surface area (Å²) in [7, 11) is 0. The van der Waals surface area contributed by atoms with Crippen LogP contribution in [0.25, 0.3) is 6.08 Å². The van der Waals surface area contributed by atoms with Crippen molar-refractivity contribution in [1.29, 1.82) is 0 Å². The van der Waals surface area contributed by atoms with E-state index in [0.717, 1.165) is 5.56 Å². The minimum absolute atomic E-state index is 0.176. The first-order valence-corrected chi connectivity index (χ1v) is 5.91. The van der Waals surface area contributed by atoms with Crippen LogP contribution in [-0.4, -0.2) is 16.9 Å². The number of rotatable bonds is 2. The highest BCUT2D eigenvalue weighted by Crippen LogP contribution is 2.18. The van der Waals surface area contributed by atoms with E-state index in [2.05, 4.69) is 9.98 Å². The molecule has 0 N–H and O–H groups in total. The van der Waals surface area contributed by atoms with Crippen molar-refractivity contribution in [3.05, 3.63) is 71.4 Å². The van der Waals surface area contributed by atoms with Gasteiger partial charge < -0.3 is 4.74 Å². The van der Waals surface area contributed by atoms with Gasteiger partial charge >= 0.3 is 5.97 Å². The molecule has 1 aromatic heterocycles. The van der Waals surface area contributed by atoms with Crippen molar-refractivity contribution in [1.82, 2.24) is 4.98 Å². The molecule has 0 saturated carbocycles. The molecule has 5 heteroatoms. The zero-order valence-electron chi connectivity index (χ0n) is 10.3. The van der Waals surface area contributed by atoms with E-state index in [1.807, 2.05) is 0 Å². The van der Waals surface area contributed by atoms with E-state index in [9.17, 15) is 9.18 Å². The highest BCUT2D eigenvalue weighted by molar-refractivity contribution is 6.12. The van der Waals surface area contributed by atoms with Gasteiger partial charge in [0, 0.05) is 18.0 Å². The van der Waals surface area contributed by atoms with Gasteiger partial charge in [0.2, 0.25) is 5.90 Å². The lowest BCUT2D eigenvalue weighted by molar-refractivity contribution is -0.129. The molecule has 20 heavy (non-hydrogen) atoms. The number of hydrogen-bond donors (Lipinski definition) is 0. The molecule has 0 aliphatic carbocycles. The Labute approximate surface area is 114 Å². The lowest BCUT2D eigenvalue weighted by atomic mass is 10.2. The van der Waals surface area contributed by atoms with Crippen LogP contribution in [0.4, 0.5) is 4.39 Å². The topological polar surface area (TPSA) is 51.5 Å². The van der Waals surface area contributed by atoms with E-state index in [1.54, 1.807) is 30.6 Å². The summed E-state index contributed by atoms with van der Waals surface area (Å²) in [5.74, 6) is -0.706. The molecule has 0 amide bonds. The molecular formula is C15H9FN2O2. The first-order chi connectivity index (χ1) is 9.72. The summed E-state index contributed by atoms with van der Waals surface area (Å²) >= 11 is 0. The number of nitrogens with zero attached hydrogens (tertiary/aromatic N) is 2. The molecule has 0 fully saturated rings. The van der Waals surface area contributed by atoms with E-state index in [-0.39, 0.29) is 17.4 Å². The van der Waals surface area contributed by atoms with Crippen molar-refractivity contribution in [3.63, 3.8) is 0 Å². The Morgan fingerprint density at radius 2 is 1.75 bits per heavy atom. The summed E-state index contributed by atoms with van der Waals surface area (Å²) in [4.78, 5) is 19.8. The van der Waals surface area contributed by atoms with Crippen LogP contribution in [0, 0.1) is 5.82 Å². The van der Waals surface area contributed by atoms with E-state index in [4.69, 9.17) is 4.74 Å². The smallest absolute Gasteiger partial charge is 0.363 e. The number of aliphatic imine (C=N–C) groups is 1. The number of cyclic esters (lactones) is 1. The molecular weight excluding hydrogens is 259 g/mol. The Bertz CT molecular complexity index is 706. The molecule has 2 aromatic rings. The van der Waals surface area contributed by atoms with Crippen LogP contribution in [0.1, 0.15) is 11.1 Å². The second-order valence-corrected chi connectivity index (χ2v) is 4.12. The van der Waals surface area contributed by atoms with E-state index >= 15 is 0 Å². The predicted octanol–water partition coefficient (Wildman–Crippen LogP) is 2.57. The summed E-state index contributed by atoms with van der Waals surface area (Å²) < 4.78 is 17.9. The number of carbonyl (C=O) groups excluding carboxylic acids is 1. The second-order valence-electron chi connectivity index (χ2n) is 4.12. The number of ether oxygens (including phenoxy) is 1. The normalized spacial score (nSPS) is 16.1. The molecule has 0 atom stereocenters. The highest BCUT2D eigenvalue weighted by atomic mass is 19.1. The Hall–Kier alpha value is -2.82. The maximum atomic E-state index is 12.8. The summed E-state index contributed by atoms with van der Waals surface area (Å²) in [6, 6.07) is 9.11. The third kappa shape index (κ3) is 2.47. The van der Waals surface area contributed by atoms with Gasteiger partial charge in [-0.15, -0.1) is 0 Å². The van der Waals surface area contributed by atoms with E-state index in [0.29, 0.717) is 5.56 Å². The van der Waals surface area contributed by atoms with Crippen molar-refractivity contribution >= 4 is 17.9 Å². The van der Waals surface area contributed by atoms with Gasteiger partial charge in [-0.3, -0.25) is 4.98 Å². The zero-order valence-corrected chi connectivity index (χ0v) is 10.3. The Kier molecular flexibility index (Phi) is 3.09. The standard InChI is InChI=1S/C15H9FN2O2/c16-12-3-1-11(2-4-12)14-18-13(15(19)20-14)9-10-5-7-17-8-6-10/h1-9H/b13-9+. The minimum Gasteiger partial charge on any atom is -0.402 e. The van der Waals surface area contributed by atoms with Crippen LogP contribution in [0.3, 0.4) is 0 Å². The maximum Gasteiger partial charge on any atom is 0.363 e. The van der Waals surface area contributed by atoms with Gasteiger partial charge in [0.25, 0.3) is 0 Å². The fourth-order valence-corrected chi connectivity index (χ4v) is 1.74. The van der Waals surface area contributed by atoms with Gasteiger partial charge in [-0.2, -0.15) is 0 Å². The van der Waals surface area contributed by atoms with E-state index < -0.39 is 5.97 Å². The molecule has 0 spiro atoms. The van der Waals surface area contributed by atoms with Crippen molar-refractivity contribution in [2.24, 2.45) is 4.99 Å². The molecule has 2 heterocycles. The molecule has 98 valence electrons. The quantitative estimate of drug-likeness (QED) is 0.621. The van der Waals surface area contributed by atoms with Gasteiger partial charge in [0.05, 0.1) is 0 Å². The second kappa shape index (κ2) is 5.05. The molecule has 4 nitrogen and oxygen atoms in total. The third-order valence-electron chi connectivity index (χ3n) is 2.72. The Morgan fingerprint density at radius 3 is 2.45 bits per heavy atom. The molecule has 0 saturated heterocycles. The van der Waals surface area contributed by atoms with Gasteiger partial charge in [0.15, 0.2) is 5.70 Å². The summed E-state index contributed by atoms with van der Waals surface area (Å²) in [6.45, 7) is 0. The average molecular weight is 268 g/mol. The summed E-state index contributed by atoms with van der Waals surface area (Å²) in [5.41, 5.74) is 1.56. The largest absolute Gasteiger partial charge is 0.402 e. The Balaban J connectivity index is 1.93. The average Bonchev–Trinajstić information content (AvgIpc) is 2.82. The fraction of sp³-hybridized carbons (Fsp3) is 0. The number of aromatic nitrogens is 1. The van der Waals surface area contributed by atoms with Crippen LogP contribution in [-0.2, 0) is 9.53 Å². The first kappa shape index (κ1) is 12.2. The van der Waals surface area contributed by atoms with Crippen molar-refractivity contribution < 1.29 is 13.9 Å². The lowest BCUT2D eigenvalue weighted by Crippen LogP contribution is -2.05. The van der Waals surface area contributed by atoms with Crippen molar-refractivity contribution in [2.45, 2.75) is 0 Å². The van der Waals surface area contributed by atoms with Crippen molar-refractivity contribution in [2.75, 3.05) is 0 Å². The first-order valence-electron chi connectivity index (χ1n) is 5.91. The number of hydrogen-bond acceptors (Lipinski definition) is 4. The van der Waals surface area contributed by atoms with Gasteiger partial charge in [-0.1, -0.05) is 0 Å². The molecule has 1 aliphatic heterocycles.